The minimum absolute atomic E-state index is 0.0951. The summed E-state index contributed by atoms with van der Waals surface area (Å²) < 4.78 is 0. The quantitative estimate of drug-likeness (QED) is 0.844. The molecule has 0 radical (unpaired) electrons. The van der Waals surface area contributed by atoms with Gasteiger partial charge in [-0.3, -0.25) is 4.90 Å². The van der Waals surface area contributed by atoms with E-state index < -0.39 is 0 Å². The van der Waals surface area contributed by atoms with Crippen LogP contribution in [-0.4, -0.2) is 35.1 Å². The second-order valence-electron chi connectivity index (χ2n) is 3.98. The highest BCUT2D eigenvalue weighted by Crippen LogP contribution is 2.16. The third-order valence-electron chi connectivity index (χ3n) is 2.63. The first-order valence-electron chi connectivity index (χ1n) is 5.36. The Hall–Kier alpha value is -0.510. The van der Waals surface area contributed by atoms with Gasteiger partial charge in [0.25, 0.3) is 0 Å². The van der Waals surface area contributed by atoms with Crippen LogP contribution >= 0.6 is 11.8 Å². The average molecular weight is 223 g/mol. The predicted octanol–water partition coefficient (Wildman–Crippen LogP) is 1.94. The van der Waals surface area contributed by atoms with Crippen LogP contribution in [0.25, 0.3) is 0 Å². The van der Waals surface area contributed by atoms with Crippen LogP contribution in [0.5, 0.6) is 0 Å². The van der Waals surface area contributed by atoms with Crippen molar-refractivity contribution in [2.45, 2.75) is 18.3 Å². The topological polar surface area (TPSA) is 23.5 Å². The monoisotopic (exact) mass is 223 g/mol. The molecule has 1 aliphatic rings. The zero-order valence-corrected chi connectivity index (χ0v) is 9.62. The highest BCUT2D eigenvalue weighted by atomic mass is 32.2. The van der Waals surface area contributed by atoms with Gasteiger partial charge < -0.3 is 5.11 Å². The van der Waals surface area contributed by atoms with E-state index in [1.165, 1.54) is 5.56 Å². The highest BCUT2D eigenvalue weighted by Gasteiger charge is 2.19. The van der Waals surface area contributed by atoms with E-state index in [1.54, 1.807) is 0 Å². The van der Waals surface area contributed by atoms with Crippen LogP contribution in [-0.2, 0) is 5.75 Å². The number of nitrogens with zero attached hydrogens (tertiary/aromatic N) is 1. The molecular weight excluding hydrogens is 206 g/mol. The molecule has 2 nitrogen and oxygen atoms in total. The van der Waals surface area contributed by atoms with Crippen LogP contribution in [0.1, 0.15) is 12.0 Å². The van der Waals surface area contributed by atoms with E-state index in [-0.39, 0.29) is 6.10 Å². The summed E-state index contributed by atoms with van der Waals surface area (Å²) in [5, 5.41) is 9.37. The van der Waals surface area contributed by atoms with Crippen molar-refractivity contribution in [2.24, 2.45) is 0 Å². The first-order valence-corrected chi connectivity index (χ1v) is 6.52. The Morgan fingerprint density at radius 1 is 1.33 bits per heavy atom. The summed E-state index contributed by atoms with van der Waals surface area (Å²) in [4.78, 5) is 2.32. The Morgan fingerprint density at radius 3 is 2.80 bits per heavy atom. The molecule has 15 heavy (non-hydrogen) atoms. The minimum atomic E-state index is -0.0951. The number of hydrogen-bond acceptors (Lipinski definition) is 3. The first-order chi connectivity index (χ1) is 7.34. The van der Waals surface area contributed by atoms with Crippen LogP contribution in [0.3, 0.4) is 0 Å². The van der Waals surface area contributed by atoms with E-state index in [0.29, 0.717) is 0 Å². The summed E-state index contributed by atoms with van der Waals surface area (Å²) in [6, 6.07) is 10.5. The molecule has 1 aromatic rings. The lowest BCUT2D eigenvalue weighted by atomic mass is 10.2. The summed E-state index contributed by atoms with van der Waals surface area (Å²) in [5.41, 5.74) is 1.38. The average Bonchev–Trinajstić information content (AvgIpc) is 2.66. The second-order valence-corrected chi connectivity index (χ2v) is 4.94. The van der Waals surface area contributed by atoms with E-state index in [0.717, 1.165) is 31.1 Å². The van der Waals surface area contributed by atoms with Crippen LogP contribution in [0.2, 0.25) is 0 Å². The maximum atomic E-state index is 9.37. The number of rotatable bonds is 4. The van der Waals surface area contributed by atoms with Gasteiger partial charge in [-0.2, -0.15) is 0 Å². The summed E-state index contributed by atoms with van der Waals surface area (Å²) in [6.07, 6.45) is 0.841. The van der Waals surface area contributed by atoms with Crippen LogP contribution in [0, 0.1) is 0 Å². The lowest BCUT2D eigenvalue weighted by molar-refractivity contribution is 0.181. The van der Waals surface area contributed by atoms with Crippen molar-refractivity contribution in [1.82, 2.24) is 4.90 Å². The SMILES string of the molecule is O[C@@H]1CCN(CSCc2ccccc2)C1. The second kappa shape index (κ2) is 5.54. The van der Waals surface area contributed by atoms with Crippen LogP contribution < -0.4 is 0 Å². The molecule has 1 N–H and O–H groups in total. The third-order valence-corrected chi connectivity index (χ3v) is 3.72. The largest absolute Gasteiger partial charge is 0.392 e. The Labute approximate surface area is 95.3 Å². The molecular formula is C12H17NOS. The predicted molar refractivity (Wildman–Crippen MR) is 64.8 cm³/mol. The van der Waals surface area contributed by atoms with Crippen molar-refractivity contribution in [3.05, 3.63) is 35.9 Å². The fourth-order valence-corrected chi connectivity index (χ4v) is 2.81. The number of aliphatic hydroxyl groups is 1. The van der Waals surface area contributed by atoms with Crippen LogP contribution in [0.4, 0.5) is 0 Å². The third kappa shape index (κ3) is 3.52. The zero-order valence-electron chi connectivity index (χ0n) is 8.80. The van der Waals surface area contributed by atoms with Gasteiger partial charge in [0.05, 0.1) is 6.10 Å². The molecule has 1 saturated heterocycles. The van der Waals surface area contributed by atoms with E-state index in [9.17, 15) is 5.11 Å². The molecule has 1 heterocycles. The molecule has 0 bridgehead atoms. The summed E-state index contributed by atoms with van der Waals surface area (Å²) in [6.45, 7) is 1.89. The molecule has 0 saturated carbocycles. The highest BCUT2D eigenvalue weighted by molar-refractivity contribution is 7.98. The minimum Gasteiger partial charge on any atom is -0.392 e. The van der Waals surface area contributed by atoms with Crippen molar-refractivity contribution in [3.63, 3.8) is 0 Å². The van der Waals surface area contributed by atoms with E-state index in [2.05, 4.69) is 29.2 Å². The van der Waals surface area contributed by atoms with E-state index in [4.69, 9.17) is 0 Å². The van der Waals surface area contributed by atoms with Crippen molar-refractivity contribution in [2.75, 3.05) is 19.0 Å². The van der Waals surface area contributed by atoms with Gasteiger partial charge in [0.2, 0.25) is 0 Å². The summed E-state index contributed by atoms with van der Waals surface area (Å²) >= 11 is 1.92. The number of likely N-dealkylation sites (tertiary alicyclic amines) is 1. The van der Waals surface area contributed by atoms with Crippen molar-refractivity contribution in [1.29, 1.82) is 0 Å². The first kappa shape index (κ1) is 11.0. The Balaban J connectivity index is 1.67. The maximum Gasteiger partial charge on any atom is 0.0679 e. The molecule has 1 aliphatic heterocycles. The van der Waals surface area contributed by atoms with E-state index >= 15 is 0 Å². The standard InChI is InChI=1S/C12H17NOS/c14-12-6-7-13(8-12)10-15-9-11-4-2-1-3-5-11/h1-5,12,14H,6-10H2/t12-/m1/s1. The van der Waals surface area contributed by atoms with Gasteiger partial charge in [-0.1, -0.05) is 30.3 Å². The van der Waals surface area contributed by atoms with Crippen molar-refractivity contribution < 1.29 is 5.11 Å². The van der Waals surface area contributed by atoms with Crippen molar-refractivity contribution >= 4 is 11.8 Å². The lowest BCUT2D eigenvalue weighted by Gasteiger charge is -2.13. The smallest absolute Gasteiger partial charge is 0.0679 e. The molecule has 0 unspecified atom stereocenters. The molecule has 0 aliphatic carbocycles. The van der Waals surface area contributed by atoms with Crippen molar-refractivity contribution in [3.8, 4) is 0 Å². The number of benzene rings is 1. The number of aliphatic hydroxyl groups excluding tert-OH is 1. The molecule has 0 spiro atoms. The maximum absolute atomic E-state index is 9.37. The Morgan fingerprint density at radius 2 is 2.13 bits per heavy atom. The van der Waals surface area contributed by atoms with Gasteiger partial charge in [-0.25, -0.2) is 0 Å². The number of hydrogen-bond donors (Lipinski definition) is 1. The molecule has 0 amide bonds. The molecule has 0 aromatic heterocycles. The van der Waals surface area contributed by atoms with Gasteiger partial charge in [0.15, 0.2) is 0 Å². The number of β-amino-alcohol motifs (C(OH)–C–C–N with tert-alkyl or cyclic N) is 1. The van der Waals surface area contributed by atoms with Gasteiger partial charge >= 0.3 is 0 Å². The lowest BCUT2D eigenvalue weighted by Crippen LogP contribution is -2.21. The van der Waals surface area contributed by atoms with Gasteiger partial charge in [0, 0.05) is 24.7 Å². The zero-order chi connectivity index (χ0) is 10.5. The fraction of sp³-hybridized carbons (Fsp3) is 0.500. The van der Waals surface area contributed by atoms with Gasteiger partial charge in [-0.05, 0) is 12.0 Å². The number of thioether (sulfide) groups is 1. The van der Waals surface area contributed by atoms with Gasteiger partial charge in [-0.15, -0.1) is 11.8 Å². The molecule has 1 aromatic carbocycles. The fourth-order valence-electron chi connectivity index (χ4n) is 1.80. The van der Waals surface area contributed by atoms with E-state index in [1.807, 2.05) is 17.8 Å². The normalized spacial score (nSPS) is 22.1. The Kier molecular flexibility index (Phi) is 4.06. The molecule has 1 atom stereocenters. The molecule has 2 rings (SSSR count). The molecule has 82 valence electrons. The van der Waals surface area contributed by atoms with Crippen LogP contribution in [0.15, 0.2) is 30.3 Å². The Bertz CT molecular complexity index is 291. The summed E-state index contributed by atoms with van der Waals surface area (Å²) in [7, 11) is 0. The molecule has 3 heteroatoms. The molecule has 1 fully saturated rings. The summed E-state index contributed by atoms with van der Waals surface area (Å²) in [5.74, 6) is 2.10. The van der Waals surface area contributed by atoms with Gasteiger partial charge in [0.1, 0.15) is 0 Å².